The molecule has 0 bridgehead atoms. The third kappa shape index (κ3) is 1.20. The van der Waals surface area contributed by atoms with E-state index in [1.165, 1.54) is 0 Å². The first kappa shape index (κ1) is 5.57. The van der Waals surface area contributed by atoms with Crippen LogP contribution in [0.25, 0.3) is 0 Å². The Labute approximate surface area is 54.2 Å². The van der Waals surface area contributed by atoms with E-state index in [9.17, 15) is 0 Å². The standard InChI is InChI=1S/C5H4BNS/c6-4-1-2-5(8)7-3-4/h1-3H,(H,7,8). The fraction of sp³-hybridized carbons (Fsp3) is 0. The summed E-state index contributed by atoms with van der Waals surface area (Å²) in [6.07, 6.45) is 1.67. The minimum Gasteiger partial charge on any atom is -0.354 e. The minimum absolute atomic E-state index is 0.707. The Balaban J connectivity index is 3.22. The van der Waals surface area contributed by atoms with Crippen molar-refractivity contribution in [3.05, 3.63) is 23.0 Å². The maximum Gasteiger partial charge on any atom is 0.115 e. The van der Waals surface area contributed by atoms with Crippen molar-refractivity contribution in [3.63, 3.8) is 0 Å². The Morgan fingerprint density at radius 2 is 2.25 bits per heavy atom. The summed E-state index contributed by atoms with van der Waals surface area (Å²) in [6, 6.07) is 3.52. The molecule has 0 aliphatic rings. The Hall–Kier alpha value is -0.565. The molecule has 1 aromatic heterocycles. The van der Waals surface area contributed by atoms with Crippen molar-refractivity contribution < 1.29 is 0 Å². The Kier molecular flexibility index (Phi) is 1.49. The highest BCUT2D eigenvalue weighted by molar-refractivity contribution is 7.71. The van der Waals surface area contributed by atoms with Crippen molar-refractivity contribution in [2.75, 3.05) is 0 Å². The van der Waals surface area contributed by atoms with Gasteiger partial charge in [0.05, 0.1) is 0 Å². The highest BCUT2D eigenvalue weighted by atomic mass is 32.1. The molecule has 0 aliphatic heterocycles. The molecule has 0 aliphatic carbocycles. The molecule has 0 aromatic carbocycles. The number of aromatic amines is 1. The zero-order valence-electron chi connectivity index (χ0n) is 4.22. The van der Waals surface area contributed by atoms with Gasteiger partial charge in [-0.2, -0.15) is 0 Å². The summed E-state index contributed by atoms with van der Waals surface area (Å²) >= 11 is 4.76. The molecular weight excluding hydrogens is 117 g/mol. The summed E-state index contributed by atoms with van der Waals surface area (Å²) < 4.78 is 0.708. The molecule has 0 amide bonds. The van der Waals surface area contributed by atoms with Gasteiger partial charge >= 0.3 is 0 Å². The van der Waals surface area contributed by atoms with Crippen LogP contribution in [-0.4, -0.2) is 12.8 Å². The van der Waals surface area contributed by atoms with Gasteiger partial charge in [0.15, 0.2) is 0 Å². The largest absolute Gasteiger partial charge is 0.354 e. The van der Waals surface area contributed by atoms with Gasteiger partial charge in [-0.15, -0.1) is 0 Å². The Morgan fingerprint density at radius 1 is 1.50 bits per heavy atom. The maximum absolute atomic E-state index is 5.35. The van der Waals surface area contributed by atoms with Crippen LogP contribution in [0.4, 0.5) is 0 Å². The molecule has 1 nitrogen and oxygen atoms in total. The van der Waals surface area contributed by atoms with E-state index in [-0.39, 0.29) is 0 Å². The lowest BCUT2D eigenvalue weighted by Gasteiger charge is -1.86. The van der Waals surface area contributed by atoms with Crippen LogP contribution in [0.1, 0.15) is 0 Å². The highest BCUT2D eigenvalue weighted by Crippen LogP contribution is 1.78. The second-order valence-electron chi connectivity index (χ2n) is 1.49. The highest BCUT2D eigenvalue weighted by Gasteiger charge is 1.76. The quantitative estimate of drug-likeness (QED) is 0.391. The predicted octanol–water partition coefficient (Wildman–Crippen LogP) is 0.538. The van der Waals surface area contributed by atoms with Crippen molar-refractivity contribution in [3.8, 4) is 0 Å². The van der Waals surface area contributed by atoms with Crippen LogP contribution in [0.3, 0.4) is 0 Å². The van der Waals surface area contributed by atoms with E-state index in [2.05, 4.69) is 4.98 Å². The van der Waals surface area contributed by atoms with Gasteiger partial charge in [-0.3, -0.25) is 0 Å². The molecule has 2 radical (unpaired) electrons. The lowest BCUT2D eigenvalue weighted by molar-refractivity contribution is 1.32. The summed E-state index contributed by atoms with van der Waals surface area (Å²) in [5.74, 6) is 0. The first-order valence-corrected chi connectivity index (χ1v) is 2.64. The molecule has 1 aromatic rings. The van der Waals surface area contributed by atoms with Crippen LogP contribution in [-0.2, 0) is 0 Å². The molecule has 0 fully saturated rings. The van der Waals surface area contributed by atoms with E-state index < -0.39 is 0 Å². The first-order valence-electron chi connectivity index (χ1n) is 2.23. The number of H-pyrrole nitrogens is 1. The summed E-state index contributed by atoms with van der Waals surface area (Å²) in [7, 11) is 5.35. The molecule has 3 heteroatoms. The van der Waals surface area contributed by atoms with Crippen LogP contribution in [0.5, 0.6) is 0 Å². The molecule has 0 saturated heterocycles. The van der Waals surface area contributed by atoms with Crippen molar-refractivity contribution in [1.29, 1.82) is 0 Å². The number of hydrogen-bond donors (Lipinski definition) is 1. The van der Waals surface area contributed by atoms with E-state index in [1.807, 2.05) is 0 Å². The molecule has 8 heavy (non-hydrogen) atoms. The summed E-state index contributed by atoms with van der Waals surface area (Å²) in [4.78, 5) is 2.79. The molecule has 1 N–H and O–H groups in total. The van der Waals surface area contributed by atoms with E-state index in [0.717, 1.165) is 0 Å². The fourth-order valence-corrected chi connectivity index (χ4v) is 0.550. The van der Waals surface area contributed by atoms with Gasteiger partial charge in [0.25, 0.3) is 0 Å². The van der Waals surface area contributed by atoms with Crippen LogP contribution in [0, 0.1) is 4.64 Å². The van der Waals surface area contributed by atoms with Crippen molar-refractivity contribution in [1.82, 2.24) is 4.98 Å². The van der Waals surface area contributed by atoms with E-state index in [4.69, 9.17) is 20.1 Å². The number of hydrogen-bond acceptors (Lipinski definition) is 1. The predicted molar refractivity (Wildman–Crippen MR) is 37.0 cm³/mol. The molecule has 1 heterocycles. The van der Waals surface area contributed by atoms with Gasteiger partial charge < -0.3 is 4.98 Å². The van der Waals surface area contributed by atoms with Crippen LogP contribution < -0.4 is 5.46 Å². The number of nitrogens with one attached hydrogen (secondary N) is 1. The van der Waals surface area contributed by atoms with E-state index >= 15 is 0 Å². The van der Waals surface area contributed by atoms with Crippen LogP contribution >= 0.6 is 12.2 Å². The van der Waals surface area contributed by atoms with E-state index in [1.54, 1.807) is 18.3 Å². The molecule has 0 saturated carbocycles. The minimum atomic E-state index is 0.707. The third-order valence-electron chi connectivity index (χ3n) is 0.808. The number of rotatable bonds is 0. The zero-order chi connectivity index (χ0) is 5.98. The smallest absolute Gasteiger partial charge is 0.115 e. The van der Waals surface area contributed by atoms with Crippen LogP contribution in [0.15, 0.2) is 18.3 Å². The van der Waals surface area contributed by atoms with Gasteiger partial charge in [0.1, 0.15) is 12.5 Å². The lowest BCUT2D eigenvalue weighted by atomic mass is 10.00. The van der Waals surface area contributed by atoms with E-state index in [0.29, 0.717) is 10.1 Å². The molecular formula is C5H4BNS. The average Bonchev–Trinajstić information content (AvgIpc) is 1.77. The number of aromatic nitrogens is 1. The Bertz CT molecular complexity index is 210. The van der Waals surface area contributed by atoms with Crippen molar-refractivity contribution >= 4 is 25.5 Å². The first-order chi connectivity index (χ1) is 3.79. The maximum atomic E-state index is 5.35. The molecule has 0 atom stereocenters. The second-order valence-corrected chi connectivity index (χ2v) is 1.93. The number of pyridine rings is 1. The molecule has 1 rings (SSSR count). The monoisotopic (exact) mass is 121 g/mol. The van der Waals surface area contributed by atoms with Crippen molar-refractivity contribution in [2.24, 2.45) is 0 Å². The molecule has 0 unspecified atom stereocenters. The fourth-order valence-electron chi connectivity index (χ4n) is 0.423. The Morgan fingerprint density at radius 3 is 2.62 bits per heavy atom. The normalized spacial score (nSPS) is 9.00. The van der Waals surface area contributed by atoms with Gasteiger partial charge in [0, 0.05) is 0 Å². The van der Waals surface area contributed by atoms with Gasteiger partial charge in [0.2, 0.25) is 0 Å². The average molecular weight is 121 g/mol. The van der Waals surface area contributed by atoms with Crippen molar-refractivity contribution in [2.45, 2.75) is 0 Å². The summed E-state index contributed by atoms with van der Waals surface area (Å²) in [5.41, 5.74) is 0.707. The molecule has 0 spiro atoms. The lowest BCUT2D eigenvalue weighted by Crippen LogP contribution is -2.00. The molecule has 38 valence electrons. The second kappa shape index (κ2) is 2.14. The van der Waals surface area contributed by atoms with Gasteiger partial charge in [-0.25, -0.2) is 0 Å². The van der Waals surface area contributed by atoms with Crippen LogP contribution in [0.2, 0.25) is 0 Å². The SMILES string of the molecule is [B]c1ccc(=S)[nH]c1. The summed E-state index contributed by atoms with van der Waals surface area (Å²) in [6.45, 7) is 0. The van der Waals surface area contributed by atoms with Gasteiger partial charge in [-0.05, 0) is 12.3 Å². The topological polar surface area (TPSA) is 15.8 Å². The van der Waals surface area contributed by atoms with Gasteiger partial charge in [-0.1, -0.05) is 23.7 Å². The third-order valence-corrected chi connectivity index (χ3v) is 1.06. The zero-order valence-corrected chi connectivity index (χ0v) is 5.03. The summed E-state index contributed by atoms with van der Waals surface area (Å²) in [5, 5.41) is 0.